The van der Waals surface area contributed by atoms with Gasteiger partial charge in [0.25, 0.3) is 0 Å². The molecule has 1 aromatic carbocycles. The third-order valence-electron chi connectivity index (χ3n) is 4.43. The van der Waals surface area contributed by atoms with Crippen molar-refractivity contribution in [2.45, 2.75) is 52.1 Å². The Kier molecular flexibility index (Phi) is 8.08. The van der Waals surface area contributed by atoms with E-state index in [9.17, 15) is 27.9 Å². The molecule has 0 saturated heterocycles. The van der Waals surface area contributed by atoms with E-state index < -0.39 is 40.7 Å². The maximum Gasteiger partial charge on any atom is 0.417 e. The number of aliphatic hydroxyl groups is 1. The molecule has 0 aliphatic heterocycles. The fourth-order valence-corrected chi connectivity index (χ4v) is 3.11. The number of nitrogens with zero attached hydrogens (tertiary/aromatic N) is 2. The summed E-state index contributed by atoms with van der Waals surface area (Å²) < 4.78 is 44.0. The Morgan fingerprint density at radius 1 is 1.29 bits per heavy atom. The zero-order valence-electron chi connectivity index (χ0n) is 17.2. The monoisotopic (exact) mass is 461 g/mol. The number of hydrogen-bond donors (Lipinski definition) is 2. The molecule has 2 amide bonds. The van der Waals surface area contributed by atoms with Gasteiger partial charge in [-0.15, -0.1) is 0 Å². The number of aromatic nitrogens is 1. The van der Waals surface area contributed by atoms with E-state index in [-0.39, 0.29) is 25.1 Å². The average molecular weight is 462 g/mol. The van der Waals surface area contributed by atoms with Crippen LogP contribution in [-0.4, -0.2) is 45.7 Å². The quantitative estimate of drug-likeness (QED) is 0.629. The number of rotatable bonds is 8. The first-order valence-corrected chi connectivity index (χ1v) is 9.79. The summed E-state index contributed by atoms with van der Waals surface area (Å²) >= 11 is 5.60. The van der Waals surface area contributed by atoms with Crippen molar-refractivity contribution in [3.8, 4) is 0 Å². The maximum absolute atomic E-state index is 13.0. The van der Waals surface area contributed by atoms with E-state index in [1.54, 1.807) is 13.0 Å². The van der Waals surface area contributed by atoms with Gasteiger partial charge >= 0.3 is 6.18 Å². The van der Waals surface area contributed by atoms with Gasteiger partial charge < -0.3 is 19.8 Å². The molecular weight excluding hydrogens is 439 g/mol. The molecule has 0 spiro atoms. The van der Waals surface area contributed by atoms with Crippen LogP contribution in [0.2, 0.25) is 5.02 Å². The summed E-state index contributed by atoms with van der Waals surface area (Å²) in [6.07, 6.45) is -5.68. The van der Waals surface area contributed by atoms with Crippen molar-refractivity contribution >= 4 is 23.4 Å². The highest BCUT2D eigenvalue weighted by Crippen LogP contribution is 2.35. The van der Waals surface area contributed by atoms with Crippen LogP contribution in [0.25, 0.3) is 0 Å². The van der Waals surface area contributed by atoms with Crippen LogP contribution in [0.5, 0.6) is 0 Å². The topological polar surface area (TPSA) is 95.7 Å². The minimum Gasteiger partial charge on any atom is -0.392 e. The Labute approximate surface area is 182 Å². The molecule has 0 radical (unpaired) electrons. The number of amides is 2. The number of benzene rings is 1. The molecule has 170 valence electrons. The van der Waals surface area contributed by atoms with Gasteiger partial charge in [0.05, 0.1) is 28.8 Å². The molecule has 2 rings (SSSR count). The normalized spacial score (nSPS) is 13.5. The number of carbonyl (C=O) groups is 2. The number of hydrogen-bond acceptors (Lipinski definition) is 5. The Morgan fingerprint density at radius 3 is 2.52 bits per heavy atom. The van der Waals surface area contributed by atoms with Gasteiger partial charge in [0.1, 0.15) is 11.8 Å². The smallest absolute Gasteiger partial charge is 0.392 e. The van der Waals surface area contributed by atoms with E-state index in [0.717, 1.165) is 12.1 Å². The third kappa shape index (κ3) is 6.96. The van der Waals surface area contributed by atoms with Crippen LogP contribution in [0.15, 0.2) is 28.8 Å². The van der Waals surface area contributed by atoms with Crippen LogP contribution < -0.4 is 5.32 Å². The van der Waals surface area contributed by atoms with Crippen molar-refractivity contribution in [1.82, 2.24) is 15.4 Å². The average Bonchev–Trinajstić information content (AvgIpc) is 3.08. The van der Waals surface area contributed by atoms with Crippen molar-refractivity contribution < 1.29 is 32.4 Å². The predicted molar refractivity (Wildman–Crippen MR) is 106 cm³/mol. The van der Waals surface area contributed by atoms with Gasteiger partial charge in [0, 0.05) is 19.2 Å². The minimum atomic E-state index is -4.62. The zero-order valence-corrected chi connectivity index (χ0v) is 17.9. The second kappa shape index (κ2) is 10.1. The lowest BCUT2D eigenvalue weighted by molar-refractivity contribution is -0.141. The molecule has 0 aliphatic carbocycles. The number of nitrogens with one attached hydrogen (secondary N) is 1. The first-order valence-electron chi connectivity index (χ1n) is 9.41. The SMILES string of the molecule is Cc1cc(CC(=O)N(C[C@@H](C)O)[C@@H](C)C(=O)NCc2ccc(Cl)c(C(F)(F)F)c2)on1. The van der Waals surface area contributed by atoms with Crippen LogP contribution >= 0.6 is 11.6 Å². The van der Waals surface area contributed by atoms with Crippen molar-refractivity contribution in [1.29, 1.82) is 0 Å². The van der Waals surface area contributed by atoms with E-state index in [4.69, 9.17) is 16.1 Å². The molecule has 31 heavy (non-hydrogen) atoms. The Hall–Kier alpha value is -2.59. The molecule has 0 fully saturated rings. The van der Waals surface area contributed by atoms with Crippen molar-refractivity contribution in [2.75, 3.05) is 6.54 Å². The van der Waals surface area contributed by atoms with E-state index in [2.05, 4.69) is 10.5 Å². The molecule has 0 saturated carbocycles. The van der Waals surface area contributed by atoms with Crippen molar-refractivity contribution in [2.24, 2.45) is 0 Å². The molecule has 2 aromatic rings. The van der Waals surface area contributed by atoms with Gasteiger partial charge in [0.2, 0.25) is 11.8 Å². The number of aryl methyl sites for hydroxylation is 1. The van der Waals surface area contributed by atoms with Crippen LogP contribution in [0.1, 0.15) is 36.4 Å². The molecule has 11 heteroatoms. The van der Waals surface area contributed by atoms with E-state index in [1.807, 2.05) is 0 Å². The standard InChI is InChI=1S/C20H23ClF3N3O4/c1-11-6-15(31-26-11)8-18(29)27(10-12(2)28)13(3)19(30)25-9-14-4-5-17(21)16(7-14)20(22,23)24/h4-7,12-13,28H,8-10H2,1-3H3,(H,25,30)/t12-,13+/m1/s1. The van der Waals surface area contributed by atoms with Crippen LogP contribution in [0, 0.1) is 6.92 Å². The van der Waals surface area contributed by atoms with E-state index in [1.165, 1.54) is 24.8 Å². The summed E-state index contributed by atoms with van der Waals surface area (Å²) in [4.78, 5) is 26.4. The van der Waals surface area contributed by atoms with E-state index >= 15 is 0 Å². The molecule has 1 heterocycles. The highest BCUT2D eigenvalue weighted by atomic mass is 35.5. The van der Waals surface area contributed by atoms with Gasteiger partial charge in [-0.25, -0.2) is 0 Å². The molecular formula is C20H23ClF3N3O4. The summed E-state index contributed by atoms with van der Waals surface area (Å²) in [5, 5.41) is 15.5. The first kappa shape index (κ1) is 24.7. The van der Waals surface area contributed by atoms with Gasteiger partial charge in [-0.3, -0.25) is 9.59 Å². The summed E-state index contributed by atoms with van der Waals surface area (Å²) in [7, 11) is 0. The molecule has 0 aliphatic rings. The van der Waals surface area contributed by atoms with E-state index in [0.29, 0.717) is 11.5 Å². The largest absolute Gasteiger partial charge is 0.417 e. The maximum atomic E-state index is 13.0. The molecule has 2 N–H and O–H groups in total. The Balaban J connectivity index is 2.08. The number of carbonyl (C=O) groups excluding carboxylic acids is 2. The lowest BCUT2D eigenvalue weighted by Crippen LogP contribution is -2.50. The summed E-state index contributed by atoms with van der Waals surface area (Å²) in [6, 6.07) is 3.94. The Morgan fingerprint density at radius 2 is 1.97 bits per heavy atom. The highest BCUT2D eigenvalue weighted by Gasteiger charge is 2.33. The third-order valence-corrected chi connectivity index (χ3v) is 4.76. The van der Waals surface area contributed by atoms with Gasteiger partial charge in [-0.2, -0.15) is 13.2 Å². The first-order chi connectivity index (χ1) is 14.4. The molecule has 7 nitrogen and oxygen atoms in total. The van der Waals surface area contributed by atoms with Gasteiger partial charge in [-0.1, -0.05) is 22.8 Å². The highest BCUT2D eigenvalue weighted by molar-refractivity contribution is 6.31. The minimum absolute atomic E-state index is 0.111. The Bertz CT molecular complexity index is 931. The lowest BCUT2D eigenvalue weighted by Gasteiger charge is -2.29. The molecule has 1 aromatic heterocycles. The number of aliphatic hydroxyl groups excluding tert-OH is 1. The second-order valence-electron chi connectivity index (χ2n) is 7.21. The molecule has 2 atom stereocenters. The van der Waals surface area contributed by atoms with Crippen molar-refractivity contribution in [3.63, 3.8) is 0 Å². The number of alkyl halides is 3. The molecule has 0 bridgehead atoms. The van der Waals surface area contributed by atoms with Gasteiger partial charge in [-0.05, 0) is 38.5 Å². The lowest BCUT2D eigenvalue weighted by atomic mass is 10.1. The predicted octanol–water partition coefficient (Wildman–Crippen LogP) is 3.11. The fourth-order valence-electron chi connectivity index (χ4n) is 2.89. The number of halogens is 4. The molecule has 0 unspecified atom stereocenters. The fraction of sp³-hybridized carbons (Fsp3) is 0.450. The van der Waals surface area contributed by atoms with Crippen LogP contribution in [0.4, 0.5) is 13.2 Å². The second-order valence-corrected chi connectivity index (χ2v) is 7.62. The van der Waals surface area contributed by atoms with Gasteiger partial charge in [0.15, 0.2) is 0 Å². The van der Waals surface area contributed by atoms with Crippen LogP contribution in [0.3, 0.4) is 0 Å². The summed E-state index contributed by atoms with van der Waals surface area (Å²) in [5.74, 6) is -0.747. The zero-order chi connectivity index (χ0) is 23.3. The summed E-state index contributed by atoms with van der Waals surface area (Å²) in [6.45, 7) is 4.32. The van der Waals surface area contributed by atoms with Crippen molar-refractivity contribution in [3.05, 3.63) is 51.9 Å². The summed E-state index contributed by atoms with van der Waals surface area (Å²) in [5.41, 5.74) is -0.207. The van der Waals surface area contributed by atoms with Crippen LogP contribution in [-0.2, 0) is 28.7 Å².